The summed E-state index contributed by atoms with van der Waals surface area (Å²) in [4.78, 5) is 3.93. The second kappa shape index (κ2) is 7.17. The standard InChI is InChI=1S/C19H12F4N2/c20-13-8-4-9-14(21)17(13)24-19(12-6-2-1-3-7-12)25-18-15(22)10-5-11-16(18)23/h1-11H,(H,24,25). The van der Waals surface area contributed by atoms with E-state index in [9.17, 15) is 17.6 Å². The summed E-state index contributed by atoms with van der Waals surface area (Å²) < 4.78 is 55.6. The third-order valence-electron chi connectivity index (χ3n) is 3.41. The molecule has 0 aliphatic heterocycles. The lowest BCUT2D eigenvalue weighted by atomic mass is 10.2. The average molecular weight is 344 g/mol. The molecule has 25 heavy (non-hydrogen) atoms. The fourth-order valence-corrected chi connectivity index (χ4v) is 2.20. The van der Waals surface area contributed by atoms with E-state index in [0.717, 1.165) is 24.3 Å². The molecule has 0 heterocycles. The lowest BCUT2D eigenvalue weighted by molar-refractivity contribution is 0.587. The van der Waals surface area contributed by atoms with Crippen molar-refractivity contribution in [3.8, 4) is 0 Å². The Kier molecular flexibility index (Phi) is 4.79. The zero-order valence-corrected chi connectivity index (χ0v) is 12.8. The maximum Gasteiger partial charge on any atom is 0.151 e. The minimum Gasteiger partial charge on any atom is -0.335 e. The Morgan fingerprint density at radius 3 is 1.72 bits per heavy atom. The van der Waals surface area contributed by atoms with Crippen LogP contribution in [0.2, 0.25) is 0 Å². The smallest absolute Gasteiger partial charge is 0.151 e. The summed E-state index contributed by atoms with van der Waals surface area (Å²) in [5.74, 6) is -3.56. The SMILES string of the molecule is Fc1cccc(F)c1N=C(Nc1c(F)cccc1F)c1ccccc1. The molecule has 3 aromatic rings. The lowest BCUT2D eigenvalue weighted by Crippen LogP contribution is -2.16. The predicted molar refractivity (Wildman–Crippen MR) is 89.0 cm³/mol. The highest BCUT2D eigenvalue weighted by atomic mass is 19.1. The topological polar surface area (TPSA) is 24.4 Å². The molecular formula is C19H12F4N2. The zero-order chi connectivity index (χ0) is 17.8. The van der Waals surface area contributed by atoms with Gasteiger partial charge in [-0.25, -0.2) is 22.6 Å². The zero-order valence-electron chi connectivity index (χ0n) is 12.8. The Morgan fingerprint density at radius 1 is 0.640 bits per heavy atom. The number of aliphatic imine (C=N–C) groups is 1. The molecule has 3 aromatic carbocycles. The molecule has 6 heteroatoms. The highest BCUT2D eigenvalue weighted by Gasteiger charge is 2.15. The quantitative estimate of drug-likeness (QED) is 0.382. The van der Waals surface area contributed by atoms with Crippen molar-refractivity contribution in [3.05, 3.63) is 95.6 Å². The van der Waals surface area contributed by atoms with Gasteiger partial charge < -0.3 is 5.32 Å². The van der Waals surface area contributed by atoms with Crippen LogP contribution in [0.25, 0.3) is 0 Å². The first kappa shape index (κ1) is 16.7. The van der Waals surface area contributed by atoms with Crippen molar-refractivity contribution in [2.24, 2.45) is 4.99 Å². The van der Waals surface area contributed by atoms with E-state index < -0.39 is 34.6 Å². The van der Waals surface area contributed by atoms with Gasteiger partial charge in [-0.3, -0.25) is 0 Å². The Morgan fingerprint density at radius 2 is 1.16 bits per heavy atom. The van der Waals surface area contributed by atoms with Crippen molar-refractivity contribution in [1.82, 2.24) is 0 Å². The van der Waals surface area contributed by atoms with E-state index in [4.69, 9.17) is 0 Å². The van der Waals surface area contributed by atoms with Gasteiger partial charge >= 0.3 is 0 Å². The fourth-order valence-electron chi connectivity index (χ4n) is 2.20. The minimum atomic E-state index is -0.885. The van der Waals surface area contributed by atoms with Gasteiger partial charge in [-0.2, -0.15) is 0 Å². The molecule has 2 nitrogen and oxygen atoms in total. The molecule has 0 saturated heterocycles. The number of nitrogens with zero attached hydrogens (tertiary/aromatic N) is 1. The maximum atomic E-state index is 13.9. The van der Waals surface area contributed by atoms with E-state index in [1.165, 1.54) is 12.1 Å². The number of rotatable bonds is 3. The number of hydrogen-bond acceptors (Lipinski definition) is 1. The summed E-state index contributed by atoms with van der Waals surface area (Å²) in [6, 6.07) is 14.9. The molecule has 3 rings (SSSR count). The Bertz CT molecular complexity index is 883. The van der Waals surface area contributed by atoms with Crippen LogP contribution in [0.1, 0.15) is 5.56 Å². The summed E-state index contributed by atoms with van der Waals surface area (Å²) >= 11 is 0. The highest BCUT2D eigenvalue weighted by Crippen LogP contribution is 2.25. The summed E-state index contributed by atoms with van der Waals surface area (Å²) in [6.45, 7) is 0. The Balaban J connectivity index is 2.13. The van der Waals surface area contributed by atoms with E-state index in [1.807, 2.05) is 0 Å². The molecule has 1 N–H and O–H groups in total. The van der Waals surface area contributed by atoms with Gasteiger partial charge in [0.2, 0.25) is 0 Å². The second-order valence-electron chi connectivity index (χ2n) is 5.12. The molecule has 0 spiro atoms. The molecule has 0 unspecified atom stereocenters. The van der Waals surface area contributed by atoms with Crippen LogP contribution in [-0.2, 0) is 0 Å². The summed E-state index contributed by atoms with van der Waals surface area (Å²) in [5, 5.41) is 2.50. The van der Waals surface area contributed by atoms with Crippen LogP contribution in [0, 0.1) is 23.3 Å². The van der Waals surface area contributed by atoms with Crippen molar-refractivity contribution in [1.29, 1.82) is 0 Å². The van der Waals surface area contributed by atoms with Crippen molar-refractivity contribution in [3.63, 3.8) is 0 Å². The lowest BCUT2D eigenvalue weighted by Gasteiger charge is -2.12. The third kappa shape index (κ3) is 3.68. The van der Waals surface area contributed by atoms with Crippen molar-refractivity contribution in [2.45, 2.75) is 0 Å². The predicted octanol–water partition coefficient (Wildman–Crippen LogP) is 5.43. The van der Waals surface area contributed by atoms with Crippen molar-refractivity contribution < 1.29 is 17.6 Å². The van der Waals surface area contributed by atoms with Crippen LogP contribution in [0.5, 0.6) is 0 Å². The Labute approximate surface area is 141 Å². The maximum absolute atomic E-state index is 13.9. The molecule has 0 saturated carbocycles. The first-order valence-electron chi connectivity index (χ1n) is 7.35. The van der Waals surface area contributed by atoms with Gasteiger partial charge in [0.15, 0.2) is 11.6 Å². The molecule has 0 aliphatic rings. The van der Waals surface area contributed by atoms with Crippen molar-refractivity contribution >= 4 is 17.2 Å². The second-order valence-corrected chi connectivity index (χ2v) is 5.12. The largest absolute Gasteiger partial charge is 0.335 e. The van der Waals surface area contributed by atoms with Crippen LogP contribution < -0.4 is 5.32 Å². The van der Waals surface area contributed by atoms with Gasteiger partial charge in [-0.15, -0.1) is 0 Å². The summed E-state index contributed by atoms with van der Waals surface area (Å²) in [5.41, 5.74) is -0.597. The van der Waals surface area contributed by atoms with Gasteiger partial charge in [-0.1, -0.05) is 42.5 Å². The number of anilines is 1. The number of para-hydroxylation sites is 2. The summed E-state index contributed by atoms with van der Waals surface area (Å²) in [6.07, 6.45) is 0. The third-order valence-corrected chi connectivity index (χ3v) is 3.41. The van der Waals surface area contributed by atoms with Gasteiger partial charge in [0.25, 0.3) is 0 Å². The molecule has 0 fully saturated rings. The molecule has 0 radical (unpaired) electrons. The number of halogens is 4. The number of amidine groups is 1. The van der Waals surface area contributed by atoms with Gasteiger partial charge in [0.05, 0.1) is 0 Å². The number of benzene rings is 3. The Hall–Kier alpha value is -3.15. The van der Waals surface area contributed by atoms with Crippen molar-refractivity contribution in [2.75, 3.05) is 5.32 Å². The minimum absolute atomic E-state index is 0.0893. The first-order chi connectivity index (χ1) is 12.1. The monoisotopic (exact) mass is 344 g/mol. The van der Waals surface area contributed by atoms with E-state index in [-0.39, 0.29) is 5.84 Å². The fraction of sp³-hybridized carbons (Fsp3) is 0. The average Bonchev–Trinajstić information content (AvgIpc) is 2.60. The van der Waals surface area contributed by atoms with E-state index in [0.29, 0.717) is 5.56 Å². The van der Waals surface area contributed by atoms with Crippen LogP contribution in [-0.4, -0.2) is 5.84 Å². The summed E-state index contributed by atoms with van der Waals surface area (Å²) in [7, 11) is 0. The van der Waals surface area contributed by atoms with E-state index in [1.54, 1.807) is 30.3 Å². The molecule has 0 aliphatic carbocycles. The van der Waals surface area contributed by atoms with E-state index in [2.05, 4.69) is 10.3 Å². The first-order valence-corrected chi connectivity index (χ1v) is 7.35. The van der Waals surface area contributed by atoms with Gasteiger partial charge in [0, 0.05) is 5.56 Å². The van der Waals surface area contributed by atoms with Crippen LogP contribution in [0.4, 0.5) is 28.9 Å². The number of hydrogen-bond donors (Lipinski definition) is 1. The molecule has 0 bridgehead atoms. The van der Waals surface area contributed by atoms with Crippen LogP contribution >= 0.6 is 0 Å². The molecule has 0 aromatic heterocycles. The van der Waals surface area contributed by atoms with E-state index >= 15 is 0 Å². The highest BCUT2D eigenvalue weighted by molar-refractivity contribution is 6.09. The molecule has 0 atom stereocenters. The van der Waals surface area contributed by atoms with Gasteiger partial charge in [-0.05, 0) is 24.3 Å². The molecular weight excluding hydrogens is 332 g/mol. The van der Waals surface area contributed by atoms with Crippen LogP contribution in [0.15, 0.2) is 71.7 Å². The number of nitrogens with one attached hydrogen (secondary N) is 1. The normalized spacial score (nSPS) is 11.4. The molecule has 126 valence electrons. The molecule has 0 amide bonds. The van der Waals surface area contributed by atoms with Gasteiger partial charge in [0.1, 0.15) is 28.8 Å². The van der Waals surface area contributed by atoms with Crippen LogP contribution in [0.3, 0.4) is 0 Å².